The molecule has 3 atom stereocenters. The monoisotopic (exact) mass is 630 g/mol. The van der Waals surface area contributed by atoms with Gasteiger partial charge in [-0.3, -0.25) is 9.59 Å². The minimum atomic E-state index is -1.01. The van der Waals surface area contributed by atoms with Crippen LogP contribution in [0.2, 0.25) is 0 Å². The molecule has 0 spiro atoms. The van der Waals surface area contributed by atoms with Crippen LogP contribution >= 0.6 is 22.6 Å². The molecule has 0 saturated heterocycles. The maximum absolute atomic E-state index is 13.4. The number of amides is 2. The van der Waals surface area contributed by atoms with Gasteiger partial charge in [0.25, 0.3) is 0 Å². The highest BCUT2D eigenvalue weighted by atomic mass is 127. The van der Waals surface area contributed by atoms with E-state index in [-0.39, 0.29) is 31.4 Å². The van der Waals surface area contributed by atoms with Crippen LogP contribution in [0.4, 0.5) is 0 Å². The quantitative estimate of drug-likeness (QED) is 0.179. The van der Waals surface area contributed by atoms with E-state index in [4.69, 9.17) is 14.6 Å². The molecule has 1 aliphatic rings. The third-order valence-electron chi connectivity index (χ3n) is 6.42. The number of para-hydroxylation sites is 1. The summed E-state index contributed by atoms with van der Waals surface area (Å²) in [6.07, 6.45) is 6.25. The fourth-order valence-electron chi connectivity index (χ4n) is 4.45. The molecule has 0 fully saturated rings. The number of benzene rings is 1. The van der Waals surface area contributed by atoms with Crippen molar-refractivity contribution in [2.45, 2.75) is 83.5 Å². The van der Waals surface area contributed by atoms with Crippen LogP contribution in [0.1, 0.15) is 65.2 Å². The molecular formula is C28H43IN2O6. The maximum Gasteiger partial charge on any atom is 0.247 e. The summed E-state index contributed by atoms with van der Waals surface area (Å²) >= 11 is 2.17. The molecule has 0 heterocycles. The van der Waals surface area contributed by atoms with Crippen molar-refractivity contribution in [1.29, 1.82) is 0 Å². The summed E-state index contributed by atoms with van der Waals surface area (Å²) in [6, 6.07) is 6.86. The predicted molar refractivity (Wildman–Crippen MR) is 152 cm³/mol. The Kier molecular flexibility index (Phi) is 15.1. The molecule has 1 aromatic rings. The fraction of sp³-hybridized carbons (Fsp3) is 0.643. The second kappa shape index (κ2) is 17.8. The van der Waals surface area contributed by atoms with Gasteiger partial charge in [0.1, 0.15) is 18.0 Å². The zero-order valence-corrected chi connectivity index (χ0v) is 24.3. The summed E-state index contributed by atoms with van der Waals surface area (Å²) in [6.45, 7) is 5.58. The first kappa shape index (κ1) is 31.5. The van der Waals surface area contributed by atoms with Crippen LogP contribution in [0, 0.1) is 3.57 Å². The van der Waals surface area contributed by atoms with Crippen molar-refractivity contribution in [3.63, 3.8) is 0 Å². The van der Waals surface area contributed by atoms with E-state index in [1.165, 1.54) is 0 Å². The summed E-state index contributed by atoms with van der Waals surface area (Å²) < 4.78 is 12.6. The number of ether oxygens (including phenoxy) is 2. The van der Waals surface area contributed by atoms with Crippen molar-refractivity contribution < 1.29 is 29.3 Å². The average molecular weight is 631 g/mol. The fourth-order valence-corrected chi connectivity index (χ4v) is 4.96. The van der Waals surface area contributed by atoms with Crippen molar-refractivity contribution >= 4 is 34.4 Å². The number of hydrogen-bond donors (Lipinski definition) is 3. The van der Waals surface area contributed by atoms with Gasteiger partial charge in [-0.05, 0) is 60.6 Å². The van der Waals surface area contributed by atoms with E-state index in [2.05, 4.69) is 34.8 Å². The molecule has 37 heavy (non-hydrogen) atoms. The van der Waals surface area contributed by atoms with E-state index in [1.54, 1.807) is 11.0 Å². The molecule has 2 amide bonds. The molecule has 0 saturated carbocycles. The molecule has 3 N–H and O–H groups in total. The highest BCUT2D eigenvalue weighted by Crippen LogP contribution is 2.30. The van der Waals surface area contributed by atoms with E-state index < -0.39 is 18.2 Å². The molecular weight excluding hydrogens is 587 g/mol. The van der Waals surface area contributed by atoms with Gasteiger partial charge in [-0.15, -0.1) is 0 Å². The highest BCUT2D eigenvalue weighted by molar-refractivity contribution is 14.1. The van der Waals surface area contributed by atoms with E-state index in [0.29, 0.717) is 43.9 Å². The molecule has 8 nitrogen and oxygen atoms in total. The number of carbonyl (C=O) groups is 2. The number of unbranched alkanes of at least 4 members (excludes halogenated alkanes) is 4. The Bertz CT molecular complexity index is 865. The predicted octanol–water partition coefficient (Wildman–Crippen LogP) is 3.82. The van der Waals surface area contributed by atoms with Crippen LogP contribution in [0.15, 0.2) is 35.9 Å². The van der Waals surface area contributed by atoms with Crippen molar-refractivity contribution in [3.05, 3.63) is 39.5 Å². The summed E-state index contributed by atoms with van der Waals surface area (Å²) in [4.78, 5) is 28.0. The molecule has 1 aliphatic carbocycles. The zero-order valence-electron chi connectivity index (χ0n) is 22.2. The zero-order chi connectivity index (χ0) is 27.0. The highest BCUT2D eigenvalue weighted by Gasteiger charge is 2.40. The lowest BCUT2D eigenvalue weighted by atomic mass is 9.87. The number of nitrogens with one attached hydrogen (secondary N) is 1. The van der Waals surface area contributed by atoms with Crippen molar-refractivity contribution in [2.24, 2.45) is 0 Å². The molecule has 0 bridgehead atoms. The molecule has 2 rings (SSSR count). The van der Waals surface area contributed by atoms with Gasteiger partial charge >= 0.3 is 0 Å². The summed E-state index contributed by atoms with van der Waals surface area (Å²) in [7, 11) is 0. The van der Waals surface area contributed by atoms with E-state index in [0.717, 1.165) is 35.7 Å². The first-order valence-corrected chi connectivity index (χ1v) is 14.6. The minimum Gasteiger partial charge on any atom is -0.482 e. The normalized spacial score (nSPS) is 19.3. The Morgan fingerprint density at radius 1 is 1.14 bits per heavy atom. The van der Waals surface area contributed by atoms with E-state index in [1.807, 2.05) is 31.2 Å². The van der Waals surface area contributed by atoms with E-state index in [9.17, 15) is 14.7 Å². The number of carbonyl (C=O) groups excluding carboxylic acids is 2. The summed E-state index contributed by atoms with van der Waals surface area (Å²) in [5.74, 6) is 0.245. The topological polar surface area (TPSA) is 108 Å². The molecule has 208 valence electrons. The number of aliphatic hydroxyl groups excluding tert-OH is 2. The standard InChI is InChI=1S/C28H43IN2O6/c1-3-5-6-7-8-14-26(33)31(16-11-18-36-4-2)23-19-21(28(35)30-15-17-32)20-25(27(23)34)37-24-13-10-9-12-22(24)29/h9-10,12-13,20,23,25,27,32,34H,3-8,11,14-19H2,1-2H3,(H,30,35)/t23-,25+,27+/m1/s1. The summed E-state index contributed by atoms with van der Waals surface area (Å²) in [5.41, 5.74) is 0.435. The molecule has 0 radical (unpaired) electrons. The van der Waals surface area contributed by atoms with Crippen LogP contribution in [0.25, 0.3) is 0 Å². The second-order valence-electron chi connectivity index (χ2n) is 9.25. The Balaban J connectivity index is 2.28. The van der Waals surface area contributed by atoms with Gasteiger partial charge < -0.3 is 29.9 Å². The van der Waals surface area contributed by atoms with Gasteiger partial charge in [0.05, 0.1) is 16.2 Å². The van der Waals surface area contributed by atoms with Crippen LogP contribution in [0.5, 0.6) is 5.75 Å². The van der Waals surface area contributed by atoms with Crippen molar-refractivity contribution in [3.8, 4) is 5.75 Å². The lowest BCUT2D eigenvalue weighted by Gasteiger charge is -2.40. The maximum atomic E-state index is 13.4. The lowest BCUT2D eigenvalue weighted by molar-refractivity contribution is -0.139. The molecule has 1 aromatic carbocycles. The first-order valence-electron chi connectivity index (χ1n) is 13.5. The Morgan fingerprint density at radius 2 is 1.89 bits per heavy atom. The van der Waals surface area contributed by atoms with E-state index >= 15 is 0 Å². The largest absolute Gasteiger partial charge is 0.482 e. The molecule has 0 aromatic heterocycles. The third-order valence-corrected chi connectivity index (χ3v) is 7.31. The third kappa shape index (κ3) is 10.5. The number of nitrogens with zero attached hydrogens (tertiary/aromatic N) is 1. The Morgan fingerprint density at radius 3 is 2.59 bits per heavy atom. The second-order valence-corrected chi connectivity index (χ2v) is 10.4. The Hall–Kier alpha value is -1.69. The van der Waals surface area contributed by atoms with Crippen LogP contribution in [0.3, 0.4) is 0 Å². The van der Waals surface area contributed by atoms with Crippen molar-refractivity contribution in [1.82, 2.24) is 10.2 Å². The van der Waals surface area contributed by atoms with Gasteiger partial charge in [0, 0.05) is 44.7 Å². The van der Waals surface area contributed by atoms with Crippen molar-refractivity contribution in [2.75, 3.05) is 32.9 Å². The molecule has 9 heteroatoms. The number of hydrogen-bond acceptors (Lipinski definition) is 6. The van der Waals surface area contributed by atoms with Crippen LogP contribution in [-0.2, 0) is 14.3 Å². The van der Waals surface area contributed by atoms with Crippen LogP contribution < -0.4 is 10.1 Å². The average Bonchev–Trinajstić information content (AvgIpc) is 2.89. The van der Waals surface area contributed by atoms with Gasteiger partial charge in [-0.1, -0.05) is 44.7 Å². The minimum absolute atomic E-state index is 0.0258. The van der Waals surface area contributed by atoms with Gasteiger partial charge in [-0.2, -0.15) is 0 Å². The van der Waals surface area contributed by atoms with Gasteiger partial charge in [0.15, 0.2) is 0 Å². The molecule has 0 aliphatic heterocycles. The number of halogens is 1. The number of aliphatic hydroxyl groups is 2. The SMILES string of the molecule is CCCCCCCC(=O)N(CCCOCC)[C@@H]1CC(C(=O)NCCO)=C[C@H](Oc2ccccc2I)[C@H]1O. The smallest absolute Gasteiger partial charge is 0.247 e. The van der Waals surface area contributed by atoms with Gasteiger partial charge in [-0.25, -0.2) is 0 Å². The van der Waals surface area contributed by atoms with Crippen LogP contribution in [-0.4, -0.2) is 78.1 Å². The summed E-state index contributed by atoms with van der Waals surface area (Å²) in [5, 5.41) is 23.3. The molecule has 0 unspecified atom stereocenters. The first-order chi connectivity index (χ1) is 17.9. The lowest BCUT2D eigenvalue weighted by Crippen LogP contribution is -2.55. The number of rotatable bonds is 17. The van der Waals surface area contributed by atoms with Gasteiger partial charge in [0.2, 0.25) is 11.8 Å². The Labute approximate surface area is 234 Å².